The number of rotatable bonds is 7. The molecule has 1 aliphatic carbocycles. The molecule has 1 saturated carbocycles. The molecule has 2 atom stereocenters. The highest BCUT2D eigenvalue weighted by atomic mass is 35.5. The van der Waals surface area contributed by atoms with Crippen molar-refractivity contribution in [3.05, 3.63) is 22.3 Å². The quantitative estimate of drug-likeness (QED) is 0.625. The van der Waals surface area contributed by atoms with Gasteiger partial charge in [-0.3, -0.25) is 4.79 Å². The highest BCUT2D eigenvalue weighted by molar-refractivity contribution is 6.35. The maximum absolute atomic E-state index is 12.4. The van der Waals surface area contributed by atoms with E-state index in [1.165, 1.54) is 6.20 Å². The van der Waals surface area contributed by atoms with Crippen molar-refractivity contribution in [3.63, 3.8) is 0 Å². The Kier molecular flexibility index (Phi) is 9.96. The van der Waals surface area contributed by atoms with Gasteiger partial charge >= 0.3 is 0 Å². The van der Waals surface area contributed by atoms with Crippen LogP contribution in [0.1, 0.15) is 27.2 Å². The van der Waals surface area contributed by atoms with Crippen molar-refractivity contribution in [1.29, 1.82) is 0 Å². The number of carbonyl (C=O) groups excluding carboxylic acids is 1. The van der Waals surface area contributed by atoms with Crippen molar-refractivity contribution in [1.82, 2.24) is 10.3 Å². The van der Waals surface area contributed by atoms with E-state index in [1.54, 1.807) is 6.07 Å². The van der Waals surface area contributed by atoms with E-state index in [1.807, 2.05) is 20.8 Å². The van der Waals surface area contributed by atoms with Gasteiger partial charge in [-0.25, -0.2) is 4.98 Å². The minimum Gasteiger partial charge on any atom is -0.475 e. The molecule has 6 nitrogen and oxygen atoms in total. The van der Waals surface area contributed by atoms with Crippen molar-refractivity contribution >= 4 is 53.9 Å². The minimum absolute atomic E-state index is 0. The summed E-state index contributed by atoms with van der Waals surface area (Å²) in [7, 11) is 0. The summed E-state index contributed by atoms with van der Waals surface area (Å²) in [5.41, 5.74) is 4.93. The summed E-state index contributed by atoms with van der Waals surface area (Å²) in [5, 5.41) is 3.56. The van der Waals surface area contributed by atoms with Crippen molar-refractivity contribution in [2.75, 3.05) is 19.8 Å². The first-order chi connectivity index (χ1) is 11.2. The second-order valence-electron chi connectivity index (χ2n) is 6.39. The van der Waals surface area contributed by atoms with Gasteiger partial charge in [0.2, 0.25) is 11.8 Å². The highest BCUT2D eigenvalue weighted by Gasteiger charge is 2.62. The number of hydrogen-bond acceptors (Lipinski definition) is 5. The molecule has 1 fully saturated rings. The summed E-state index contributed by atoms with van der Waals surface area (Å²) in [6.07, 6.45) is 1.94. The topological polar surface area (TPSA) is 86.5 Å². The van der Waals surface area contributed by atoms with Crippen LogP contribution in [0.4, 0.5) is 0 Å². The van der Waals surface area contributed by atoms with Crippen LogP contribution in [0.25, 0.3) is 0 Å². The highest BCUT2D eigenvalue weighted by Crippen LogP contribution is 2.49. The zero-order valence-electron chi connectivity index (χ0n) is 14.9. The second kappa shape index (κ2) is 10.2. The molecular formula is C16H25Cl4N3O3. The number of nitrogens with zero attached hydrogens (tertiary/aromatic N) is 1. The number of pyridine rings is 1. The molecule has 26 heavy (non-hydrogen) atoms. The summed E-state index contributed by atoms with van der Waals surface area (Å²) in [4.78, 5) is 16.4. The number of hydrogen-bond donors (Lipinski definition) is 2. The molecule has 1 heterocycles. The lowest BCUT2D eigenvalue weighted by Crippen LogP contribution is -2.75. The van der Waals surface area contributed by atoms with E-state index < -0.39 is 11.0 Å². The van der Waals surface area contributed by atoms with Crippen LogP contribution in [0.5, 0.6) is 5.88 Å². The molecule has 1 amide bonds. The molecule has 1 aliphatic rings. The van der Waals surface area contributed by atoms with E-state index in [0.29, 0.717) is 29.6 Å². The first-order valence-electron chi connectivity index (χ1n) is 7.85. The third-order valence-electron chi connectivity index (χ3n) is 4.64. The average molecular weight is 449 g/mol. The fraction of sp³-hybridized carbons (Fsp3) is 0.625. The van der Waals surface area contributed by atoms with Crippen molar-refractivity contribution in [2.45, 2.75) is 38.8 Å². The van der Waals surface area contributed by atoms with Gasteiger partial charge in [0.15, 0.2) is 0 Å². The van der Waals surface area contributed by atoms with E-state index in [0.717, 1.165) is 0 Å². The summed E-state index contributed by atoms with van der Waals surface area (Å²) in [6, 6.07) is 1.55. The van der Waals surface area contributed by atoms with Crippen molar-refractivity contribution < 1.29 is 14.3 Å². The minimum atomic E-state index is -0.941. The molecule has 0 aliphatic heterocycles. The average Bonchev–Trinajstić information content (AvgIpc) is 2.52. The van der Waals surface area contributed by atoms with Crippen LogP contribution in [0.15, 0.2) is 12.3 Å². The van der Waals surface area contributed by atoms with Gasteiger partial charge in [-0.05, 0) is 13.0 Å². The maximum Gasteiger partial charge on any atom is 0.240 e. The summed E-state index contributed by atoms with van der Waals surface area (Å²) in [5.74, 6) is 0.0698. The molecule has 1 aromatic rings. The van der Waals surface area contributed by atoms with Crippen LogP contribution in [0, 0.1) is 5.41 Å². The SMILES string of the molecule is CCOC1CC(N)(C(=O)NCCOc2ncc(Cl)cc2Cl)C1(C)C.Cl.Cl. The zero-order chi connectivity index (χ0) is 18.0. The molecule has 2 rings (SSSR count). The van der Waals surface area contributed by atoms with Crippen molar-refractivity contribution in [3.8, 4) is 5.88 Å². The molecule has 10 heteroatoms. The van der Waals surface area contributed by atoms with Gasteiger partial charge in [0.1, 0.15) is 17.2 Å². The van der Waals surface area contributed by atoms with E-state index >= 15 is 0 Å². The van der Waals surface area contributed by atoms with Gasteiger partial charge in [0.05, 0.1) is 17.7 Å². The molecular weight excluding hydrogens is 424 g/mol. The molecule has 0 radical (unpaired) electrons. The Hall–Kier alpha value is -0.500. The first-order valence-corrected chi connectivity index (χ1v) is 8.60. The molecule has 0 spiro atoms. The fourth-order valence-corrected chi connectivity index (χ4v) is 3.23. The molecule has 0 bridgehead atoms. The van der Waals surface area contributed by atoms with E-state index in [4.69, 9.17) is 38.4 Å². The number of ether oxygens (including phenoxy) is 2. The van der Waals surface area contributed by atoms with Crippen LogP contribution in [0.2, 0.25) is 10.0 Å². The Morgan fingerprint density at radius 2 is 2.08 bits per heavy atom. The predicted octanol–water partition coefficient (Wildman–Crippen LogP) is 3.26. The predicted molar refractivity (Wildman–Crippen MR) is 108 cm³/mol. The largest absolute Gasteiger partial charge is 0.475 e. The number of halogens is 4. The number of nitrogens with two attached hydrogens (primary N) is 1. The fourth-order valence-electron chi connectivity index (χ4n) is 2.80. The second-order valence-corrected chi connectivity index (χ2v) is 7.23. The van der Waals surface area contributed by atoms with Gasteiger partial charge in [0, 0.05) is 24.6 Å². The molecule has 1 aromatic heterocycles. The van der Waals surface area contributed by atoms with Gasteiger partial charge in [0.25, 0.3) is 0 Å². The summed E-state index contributed by atoms with van der Waals surface area (Å²) < 4.78 is 11.1. The molecule has 3 N–H and O–H groups in total. The number of carbonyl (C=O) groups is 1. The van der Waals surface area contributed by atoms with E-state index in [9.17, 15) is 4.79 Å². The van der Waals surface area contributed by atoms with Gasteiger partial charge in [-0.15, -0.1) is 24.8 Å². The molecule has 0 aromatic carbocycles. The monoisotopic (exact) mass is 447 g/mol. The van der Waals surface area contributed by atoms with E-state index in [-0.39, 0.29) is 49.3 Å². The normalized spacial score (nSPS) is 23.1. The van der Waals surface area contributed by atoms with Crippen molar-refractivity contribution in [2.24, 2.45) is 11.1 Å². The number of amides is 1. The van der Waals surface area contributed by atoms with Gasteiger partial charge in [-0.2, -0.15) is 0 Å². The number of aromatic nitrogens is 1. The Bertz CT molecular complexity index is 618. The summed E-state index contributed by atoms with van der Waals surface area (Å²) >= 11 is 11.7. The van der Waals surface area contributed by atoms with Crippen LogP contribution >= 0.6 is 48.0 Å². The molecule has 0 saturated heterocycles. The smallest absolute Gasteiger partial charge is 0.240 e. The third kappa shape index (κ3) is 5.06. The Morgan fingerprint density at radius 1 is 1.42 bits per heavy atom. The van der Waals surface area contributed by atoms with Gasteiger partial charge < -0.3 is 20.5 Å². The lowest BCUT2D eigenvalue weighted by atomic mass is 9.54. The standard InChI is InChI=1S/C16H23Cl2N3O3.2ClH/c1-4-23-12-8-16(19,15(12,2)3)14(22)20-5-6-24-13-11(18)7-10(17)9-21-13;;/h7,9,12H,4-6,8,19H2,1-3H3,(H,20,22);2*1H. The lowest BCUT2D eigenvalue weighted by molar-refractivity contribution is -0.170. The summed E-state index contributed by atoms with van der Waals surface area (Å²) in [6.45, 7) is 6.96. The lowest BCUT2D eigenvalue weighted by Gasteiger charge is -2.57. The Morgan fingerprint density at radius 3 is 2.62 bits per heavy atom. The number of nitrogens with one attached hydrogen (secondary N) is 1. The third-order valence-corrected chi connectivity index (χ3v) is 5.11. The Labute approximate surface area is 176 Å². The van der Waals surface area contributed by atoms with Gasteiger partial charge in [-0.1, -0.05) is 37.0 Å². The van der Waals surface area contributed by atoms with Crippen LogP contribution < -0.4 is 15.8 Å². The van der Waals surface area contributed by atoms with Crippen LogP contribution in [-0.4, -0.2) is 42.3 Å². The Balaban J connectivity index is 0.00000312. The van der Waals surface area contributed by atoms with Crippen LogP contribution in [0.3, 0.4) is 0 Å². The van der Waals surface area contributed by atoms with Crippen LogP contribution in [-0.2, 0) is 9.53 Å². The maximum atomic E-state index is 12.4. The zero-order valence-corrected chi connectivity index (χ0v) is 18.0. The molecule has 150 valence electrons. The molecule has 2 unspecified atom stereocenters. The van der Waals surface area contributed by atoms with E-state index in [2.05, 4.69) is 10.3 Å². The first kappa shape index (κ1) is 25.5.